The van der Waals surface area contributed by atoms with E-state index in [0.29, 0.717) is 0 Å². The Morgan fingerprint density at radius 3 is 2.62 bits per heavy atom. The van der Waals surface area contributed by atoms with E-state index in [1.807, 2.05) is 0 Å². The van der Waals surface area contributed by atoms with Crippen LogP contribution in [-0.2, 0) is 15.7 Å². The number of carbonyl (C=O) groups is 1. The Kier molecular flexibility index (Phi) is 2.50. The van der Waals surface area contributed by atoms with Crippen molar-refractivity contribution in [3.8, 4) is 0 Å². The maximum Gasteiger partial charge on any atom is 0.424 e. The third-order valence-electron chi connectivity index (χ3n) is 1.31. The van der Waals surface area contributed by atoms with Crippen molar-refractivity contribution in [3.05, 3.63) is 30.1 Å². The minimum Gasteiger partial charge on any atom is -0.254 e. The van der Waals surface area contributed by atoms with Crippen molar-refractivity contribution >= 4 is 5.97 Å². The molecular weight excluding hydrogens is 187 g/mol. The molecule has 1 aromatic rings. The maximum absolute atomic E-state index is 12.8. The van der Waals surface area contributed by atoms with Gasteiger partial charge in [0.05, 0.1) is 0 Å². The molecule has 13 heavy (non-hydrogen) atoms. The Labute approximate surface area is 71.1 Å². The first-order valence-electron chi connectivity index (χ1n) is 3.21. The van der Waals surface area contributed by atoms with E-state index >= 15 is 0 Å². The van der Waals surface area contributed by atoms with Gasteiger partial charge in [-0.25, -0.2) is 9.74 Å². The molecule has 0 aliphatic rings. The van der Waals surface area contributed by atoms with E-state index in [4.69, 9.17) is 0 Å². The van der Waals surface area contributed by atoms with Crippen molar-refractivity contribution in [2.75, 3.05) is 0 Å². The van der Waals surface area contributed by atoms with Gasteiger partial charge in [0, 0.05) is 10.7 Å². The molecule has 70 valence electrons. The SMILES string of the molecule is O=C(OF)C(F)(F)c1ccccn1. The van der Waals surface area contributed by atoms with Crippen LogP contribution < -0.4 is 0 Å². The lowest BCUT2D eigenvalue weighted by molar-refractivity contribution is -0.213. The summed E-state index contributed by atoms with van der Waals surface area (Å²) in [7, 11) is 0. The van der Waals surface area contributed by atoms with E-state index in [1.54, 1.807) is 0 Å². The Hall–Kier alpha value is -1.59. The second kappa shape index (κ2) is 3.42. The molecule has 0 aliphatic carbocycles. The molecule has 0 bridgehead atoms. The highest BCUT2D eigenvalue weighted by atomic mass is 19.3. The van der Waals surface area contributed by atoms with Gasteiger partial charge >= 0.3 is 11.9 Å². The zero-order chi connectivity index (χ0) is 9.90. The van der Waals surface area contributed by atoms with Crippen LogP contribution >= 0.6 is 0 Å². The summed E-state index contributed by atoms with van der Waals surface area (Å²) in [5.41, 5.74) is -0.849. The summed E-state index contributed by atoms with van der Waals surface area (Å²) in [6.07, 6.45) is 1.06. The van der Waals surface area contributed by atoms with Crippen molar-refractivity contribution in [1.29, 1.82) is 0 Å². The first kappa shape index (κ1) is 9.50. The first-order valence-corrected chi connectivity index (χ1v) is 3.21. The number of hydrogen-bond donors (Lipinski definition) is 0. The molecule has 0 saturated heterocycles. The second-order valence-electron chi connectivity index (χ2n) is 2.15. The van der Waals surface area contributed by atoms with Crippen LogP contribution in [0.1, 0.15) is 5.69 Å². The molecule has 6 heteroatoms. The summed E-state index contributed by atoms with van der Waals surface area (Å²) in [6, 6.07) is 3.54. The van der Waals surface area contributed by atoms with Crippen LogP contribution in [0.4, 0.5) is 13.3 Å². The Morgan fingerprint density at radius 1 is 1.46 bits per heavy atom. The van der Waals surface area contributed by atoms with Crippen LogP contribution in [0.15, 0.2) is 24.4 Å². The third-order valence-corrected chi connectivity index (χ3v) is 1.31. The van der Waals surface area contributed by atoms with Crippen molar-refractivity contribution in [1.82, 2.24) is 4.98 Å². The van der Waals surface area contributed by atoms with Crippen molar-refractivity contribution in [3.63, 3.8) is 0 Å². The highest BCUT2D eigenvalue weighted by Crippen LogP contribution is 2.27. The molecule has 1 rings (SSSR count). The van der Waals surface area contributed by atoms with Crippen LogP contribution in [-0.4, -0.2) is 11.0 Å². The molecule has 0 spiro atoms. The standard InChI is InChI=1S/C7H4F3NO2/c8-7(9,6(12)13-10)5-3-1-2-4-11-5/h1-4H. The average Bonchev–Trinajstić information content (AvgIpc) is 2.18. The molecule has 0 fully saturated rings. The number of nitrogens with zero attached hydrogens (tertiary/aromatic N) is 1. The molecule has 1 heterocycles. The lowest BCUT2D eigenvalue weighted by Crippen LogP contribution is -2.27. The normalized spacial score (nSPS) is 11.0. The van der Waals surface area contributed by atoms with Gasteiger partial charge in [-0.1, -0.05) is 6.07 Å². The summed E-state index contributed by atoms with van der Waals surface area (Å²) in [6.45, 7) is 0. The van der Waals surface area contributed by atoms with Crippen molar-refractivity contribution in [2.24, 2.45) is 0 Å². The topological polar surface area (TPSA) is 39.2 Å². The lowest BCUT2D eigenvalue weighted by atomic mass is 10.2. The summed E-state index contributed by atoms with van der Waals surface area (Å²) in [5.74, 6) is -6.32. The second-order valence-corrected chi connectivity index (χ2v) is 2.15. The summed E-state index contributed by atoms with van der Waals surface area (Å²) in [4.78, 5) is 15.9. The number of halogens is 3. The molecule has 0 aliphatic heterocycles. The van der Waals surface area contributed by atoms with Gasteiger partial charge in [0.2, 0.25) is 0 Å². The van der Waals surface area contributed by atoms with Gasteiger partial charge in [-0.05, 0) is 12.1 Å². The highest BCUT2D eigenvalue weighted by molar-refractivity contribution is 5.78. The zero-order valence-electron chi connectivity index (χ0n) is 6.21. The quantitative estimate of drug-likeness (QED) is 0.712. The fourth-order valence-corrected chi connectivity index (χ4v) is 0.702. The predicted molar refractivity (Wildman–Crippen MR) is 35.3 cm³/mol. The van der Waals surface area contributed by atoms with Gasteiger partial charge in [-0.2, -0.15) is 8.78 Å². The average molecular weight is 191 g/mol. The molecule has 0 atom stereocenters. The first-order chi connectivity index (χ1) is 6.09. The number of aromatic nitrogens is 1. The smallest absolute Gasteiger partial charge is 0.254 e. The van der Waals surface area contributed by atoms with Crippen LogP contribution in [0, 0.1) is 0 Å². The predicted octanol–water partition coefficient (Wildman–Crippen LogP) is 1.60. The van der Waals surface area contributed by atoms with Crippen molar-refractivity contribution in [2.45, 2.75) is 5.92 Å². The molecule has 0 saturated carbocycles. The number of hydrogen-bond acceptors (Lipinski definition) is 3. The van der Waals surface area contributed by atoms with Crippen LogP contribution in [0.2, 0.25) is 0 Å². The molecule has 1 aromatic heterocycles. The maximum atomic E-state index is 12.8. The summed E-state index contributed by atoms with van der Waals surface area (Å²) < 4.78 is 36.8. The Balaban J connectivity index is 3.00. The van der Waals surface area contributed by atoms with Gasteiger partial charge < -0.3 is 0 Å². The summed E-state index contributed by atoms with van der Waals surface area (Å²) >= 11 is 0. The fourth-order valence-electron chi connectivity index (χ4n) is 0.702. The zero-order valence-corrected chi connectivity index (χ0v) is 6.21. The van der Waals surface area contributed by atoms with Crippen molar-refractivity contribution < 1.29 is 23.0 Å². The van der Waals surface area contributed by atoms with E-state index in [-0.39, 0.29) is 0 Å². The summed E-state index contributed by atoms with van der Waals surface area (Å²) in [5, 5.41) is 0. The molecule has 0 unspecified atom stereocenters. The van der Waals surface area contributed by atoms with Crippen LogP contribution in [0.5, 0.6) is 0 Å². The third kappa shape index (κ3) is 1.77. The Morgan fingerprint density at radius 2 is 2.15 bits per heavy atom. The van der Waals surface area contributed by atoms with E-state index in [1.165, 1.54) is 12.1 Å². The molecule has 0 radical (unpaired) electrons. The highest BCUT2D eigenvalue weighted by Gasteiger charge is 2.45. The van der Waals surface area contributed by atoms with E-state index in [9.17, 15) is 18.1 Å². The van der Waals surface area contributed by atoms with Crippen LogP contribution in [0.25, 0.3) is 0 Å². The van der Waals surface area contributed by atoms with Gasteiger partial charge in [-0.3, -0.25) is 4.98 Å². The van der Waals surface area contributed by atoms with Gasteiger partial charge in [-0.15, -0.1) is 0 Å². The largest absolute Gasteiger partial charge is 0.424 e. The van der Waals surface area contributed by atoms with E-state index in [0.717, 1.165) is 12.3 Å². The number of carbonyl (C=O) groups excluding carboxylic acids is 1. The molecular formula is C7H4F3NO2. The van der Waals surface area contributed by atoms with E-state index < -0.39 is 17.6 Å². The Bertz CT molecular complexity index is 302. The minimum absolute atomic E-state index is 0.849. The molecule has 0 aromatic carbocycles. The van der Waals surface area contributed by atoms with Crippen LogP contribution in [0.3, 0.4) is 0 Å². The number of rotatable bonds is 2. The van der Waals surface area contributed by atoms with E-state index in [2.05, 4.69) is 9.93 Å². The van der Waals surface area contributed by atoms with Gasteiger partial charge in [0.25, 0.3) is 0 Å². The number of alkyl halides is 2. The molecule has 3 nitrogen and oxygen atoms in total. The lowest BCUT2D eigenvalue weighted by Gasteiger charge is -2.09. The van der Waals surface area contributed by atoms with Gasteiger partial charge in [0.1, 0.15) is 5.69 Å². The number of pyridine rings is 1. The monoisotopic (exact) mass is 191 g/mol. The fraction of sp³-hybridized carbons (Fsp3) is 0.143. The molecule has 0 amide bonds. The van der Waals surface area contributed by atoms with Gasteiger partial charge in [0.15, 0.2) is 0 Å². The molecule has 0 N–H and O–H groups in total. The minimum atomic E-state index is -4.05.